The number of imidazole rings is 1. The Hall–Kier alpha value is -3.25. The fourth-order valence-electron chi connectivity index (χ4n) is 3.60. The average molecular weight is 424 g/mol. The van der Waals surface area contributed by atoms with Crippen LogP contribution in [0.5, 0.6) is 11.5 Å². The molecule has 0 radical (unpaired) electrons. The molecule has 2 aromatic heterocycles. The Morgan fingerprint density at radius 1 is 1.10 bits per heavy atom. The van der Waals surface area contributed by atoms with Crippen molar-refractivity contribution < 1.29 is 13.9 Å². The summed E-state index contributed by atoms with van der Waals surface area (Å²) in [4.78, 5) is 4.66. The fraction of sp³-hybridized carbons (Fsp3) is 0.174. The number of halogens is 2. The summed E-state index contributed by atoms with van der Waals surface area (Å²) in [5.74, 6) is 1.74. The van der Waals surface area contributed by atoms with Crippen LogP contribution in [0.25, 0.3) is 16.9 Å². The Labute approximate surface area is 178 Å². The SMILES string of the molecule is Cc1ccc2nc(-c3c(F)cccc3Cl)c(NCc3ccc4c(c3)OCCO4)n2c1. The normalized spacial score (nSPS) is 12.9. The van der Waals surface area contributed by atoms with Crippen molar-refractivity contribution in [3.05, 3.63) is 76.7 Å². The van der Waals surface area contributed by atoms with Crippen molar-refractivity contribution >= 4 is 23.1 Å². The molecule has 5 nitrogen and oxygen atoms in total. The number of nitrogens with zero attached hydrogens (tertiary/aromatic N) is 2. The van der Waals surface area contributed by atoms with Crippen molar-refractivity contribution in [3.8, 4) is 22.8 Å². The maximum absolute atomic E-state index is 14.7. The molecule has 0 atom stereocenters. The predicted molar refractivity (Wildman–Crippen MR) is 115 cm³/mol. The molecule has 0 saturated carbocycles. The highest BCUT2D eigenvalue weighted by Crippen LogP contribution is 2.36. The van der Waals surface area contributed by atoms with Crippen LogP contribution in [0.15, 0.2) is 54.7 Å². The van der Waals surface area contributed by atoms with Gasteiger partial charge in [0.15, 0.2) is 11.5 Å². The zero-order chi connectivity index (χ0) is 20.7. The number of pyridine rings is 1. The highest BCUT2D eigenvalue weighted by Gasteiger charge is 2.20. The summed E-state index contributed by atoms with van der Waals surface area (Å²) < 4.78 is 27.9. The van der Waals surface area contributed by atoms with Crippen molar-refractivity contribution in [1.82, 2.24) is 9.38 Å². The summed E-state index contributed by atoms with van der Waals surface area (Å²) in [6, 6.07) is 14.3. The van der Waals surface area contributed by atoms with Gasteiger partial charge in [0.05, 0.1) is 10.6 Å². The number of benzene rings is 2. The molecule has 0 fully saturated rings. The van der Waals surface area contributed by atoms with Gasteiger partial charge in [-0.15, -0.1) is 0 Å². The number of aryl methyl sites for hydroxylation is 1. The predicted octanol–water partition coefficient (Wildman–Crippen LogP) is 5.49. The largest absolute Gasteiger partial charge is 0.486 e. The smallest absolute Gasteiger partial charge is 0.161 e. The monoisotopic (exact) mass is 423 g/mol. The van der Waals surface area contributed by atoms with Gasteiger partial charge in [-0.25, -0.2) is 9.37 Å². The zero-order valence-electron chi connectivity index (χ0n) is 16.3. The lowest BCUT2D eigenvalue weighted by molar-refractivity contribution is 0.171. The van der Waals surface area contributed by atoms with Crippen molar-refractivity contribution in [2.45, 2.75) is 13.5 Å². The molecule has 0 aliphatic carbocycles. The van der Waals surface area contributed by atoms with E-state index in [4.69, 9.17) is 21.1 Å². The number of fused-ring (bicyclic) bond motifs is 2. The molecule has 0 unspecified atom stereocenters. The van der Waals surface area contributed by atoms with Gasteiger partial charge >= 0.3 is 0 Å². The Kier molecular flexibility index (Phi) is 4.71. The van der Waals surface area contributed by atoms with E-state index >= 15 is 0 Å². The standard InChI is InChI=1S/C23H19ClFN3O2/c1-14-5-8-20-27-22(21-16(24)3-2-4-17(21)25)23(28(20)13-14)26-12-15-6-7-18-19(11-15)30-10-9-29-18/h2-8,11,13,26H,9-10,12H2,1H3. The maximum atomic E-state index is 14.7. The highest BCUT2D eigenvalue weighted by molar-refractivity contribution is 6.33. The number of nitrogens with one attached hydrogen (secondary N) is 1. The van der Waals surface area contributed by atoms with E-state index in [1.54, 1.807) is 12.1 Å². The Morgan fingerprint density at radius 3 is 2.77 bits per heavy atom. The Balaban J connectivity index is 1.57. The minimum Gasteiger partial charge on any atom is -0.486 e. The summed E-state index contributed by atoms with van der Waals surface area (Å²) in [5, 5.41) is 3.74. The molecule has 0 spiro atoms. The molecular formula is C23H19ClFN3O2. The first-order valence-electron chi connectivity index (χ1n) is 9.65. The van der Waals surface area contributed by atoms with E-state index in [9.17, 15) is 4.39 Å². The first-order chi connectivity index (χ1) is 14.6. The molecule has 0 saturated heterocycles. The third-order valence-corrected chi connectivity index (χ3v) is 5.35. The molecule has 30 heavy (non-hydrogen) atoms. The maximum Gasteiger partial charge on any atom is 0.161 e. The van der Waals surface area contributed by atoms with E-state index in [-0.39, 0.29) is 5.56 Å². The van der Waals surface area contributed by atoms with Gasteiger partial charge in [-0.3, -0.25) is 4.40 Å². The lowest BCUT2D eigenvalue weighted by Crippen LogP contribution is -2.15. The summed E-state index contributed by atoms with van der Waals surface area (Å²) in [6.45, 7) is 3.59. The number of hydrogen-bond donors (Lipinski definition) is 1. The van der Waals surface area contributed by atoms with Gasteiger partial charge < -0.3 is 14.8 Å². The first kappa shape index (κ1) is 18.8. The van der Waals surface area contributed by atoms with Crippen LogP contribution in [0.1, 0.15) is 11.1 Å². The van der Waals surface area contributed by atoms with Crippen LogP contribution in [0.4, 0.5) is 10.2 Å². The van der Waals surface area contributed by atoms with E-state index in [0.29, 0.717) is 41.9 Å². The van der Waals surface area contributed by atoms with Gasteiger partial charge in [-0.2, -0.15) is 0 Å². The van der Waals surface area contributed by atoms with Crippen LogP contribution in [0.2, 0.25) is 5.02 Å². The lowest BCUT2D eigenvalue weighted by atomic mass is 10.1. The third-order valence-electron chi connectivity index (χ3n) is 5.03. The van der Waals surface area contributed by atoms with Gasteiger partial charge in [0.25, 0.3) is 0 Å². The average Bonchev–Trinajstić information content (AvgIpc) is 3.09. The van der Waals surface area contributed by atoms with Gasteiger partial charge in [-0.05, 0) is 48.4 Å². The summed E-state index contributed by atoms with van der Waals surface area (Å²) in [7, 11) is 0. The lowest BCUT2D eigenvalue weighted by Gasteiger charge is -2.19. The molecule has 3 heterocycles. The molecule has 152 valence electrons. The minimum absolute atomic E-state index is 0.283. The number of aromatic nitrogens is 2. The molecule has 7 heteroatoms. The number of ether oxygens (including phenoxy) is 2. The Bertz CT molecular complexity index is 1230. The fourth-order valence-corrected chi connectivity index (χ4v) is 3.85. The molecule has 0 bridgehead atoms. The zero-order valence-corrected chi connectivity index (χ0v) is 17.0. The van der Waals surface area contributed by atoms with E-state index in [1.807, 2.05) is 47.9 Å². The van der Waals surface area contributed by atoms with E-state index in [1.165, 1.54) is 6.07 Å². The van der Waals surface area contributed by atoms with Gasteiger partial charge in [0, 0.05) is 12.7 Å². The van der Waals surface area contributed by atoms with Crippen LogP contribution < -0.4 is 14.8 Å². The van der Waals surface area contributed by atoms with Gasteiger partial charge in [-0.1, -0.05) is 29.8 Å². The molecule has 5 rings (SSSR count). The first-order valence-corrected chi connectivity index (χ1v) is 10.0. The summed E-state index contributed by atoms with van der Waals surface area (Å²) in [6.07, 6.45) is 1.97. The third kappa shape index (κ3) is 3.33. The number of rotatable bonds is 4. The number of hydrogen-bond acceptors (Lipinski definition) is 4. The van der Waals surface area contributed by atoms with Gasteiger partial charge in [0.1, 0.15) is 36.2 Å². The second-order valence-corrected chi connectivity index (χ2v) is 7.58. The van der Waals surface area contributed by atoms with E-state index in [2.05, 4.69) is 10.3 Å². The van der Waals surface area contributed by atoms with Crippen LogP contribution >= 0.6 is 11.6 Å². The summed E-state index contributed by atoms with van der Waals surface area (Å²) >= 11 is 6.34. The molecule has 1 aliphatic heterocycles. The van der Waals surface area contributed by atoms with E-state index in [0.717, 1.165) is 22.6 Å². The van der Waals surface area contributed by atoms with Crippen molar-refractivity contribution in [1.29, 1.82) is 0 Å². The second kappa shape index (κ2) is 7.54. The molecule has 2 aromatic carbocycles. The van der Waals surface area contributed by atoms with Crippen LogP contribution in [-0.4, -0.2) is 22.6 Å². The topological polar surface area (TPSA) is 47.8 Å². The van der Waals surface area contributed by atoms with E-state index < -0.39 is 5.82 Å². The molecule has 0 amide bonds. The number of anilines is 1. The molecular weight excluding hydrogens is 405 g/mol. The highest BCUT2D eigenvalue weighted by atomic mass is 35.5. The van der Waals surface area contributed by atoms with Crippen molar-refractivity contribution in [2.75, 3.05) is 18.5 Å². The molecule has 4 aromatic rings. The van der Waals surface area contributed by atoms with Crippen molar-refractivity contribution in [2.24, 2.45) is 0 Å². The van der Waals surface area contributed by atoms with Crippen LogP contribution in [-0.2, 0) is 6.54 Å². The van der Waals surface area contributed by atoms with Crippen LogP contribution in [0, 0.1) is 12.7 Å². The summed E-state index contributed by atoms with van der Waals surface area (Å²) in [5.41, 5.74) is 3.53. The van der Waals surface area contributed by atoms with Crippen molar-refractivity contribution in [3.63, 3.8) is 0 Å². The Morgan fingerprint density at radius 2 is 1.93 bits per heavy atom. The molecule has 1 N–H and O–H groups in total. The quantitative estimate of drug-likeness (QED) is 0.471. The van der Waals surface area contributed by atoms with Gasteiger partial charge in [0.2, 0.25) is 0 Å². The van der Waals surface area contributed by atoms with Crippen LogP contribution in [0.3, 0.4) is 0 Å². The minimum atomic E-state index is -0.412. The second-order valence-electron chi connectivity index (χ2n) is 7.17. The molecule has 1 aliphatic rings.